The molecular weight excluding hydrogens is 398 g/mol. The van der Waals surface area contributed by atoms with Gasteiger partial charge >= 0.3 is 15.6 Å². The Morgan fingerprint density at radius 2 is 1.00 bits per heavy atom. The lowest BCUT2D eigenvalue weighted by Crippen LogP contribution is -2.19. The standard InChI is InChI=1S/C16H36O9P2/c1-15(2,13-24-26(17,18)19)9-5-7-11-23-12-8-6-10-16(3,4)14-25-27(20,21)22/h5-14H2,1-4H3,(H2,17,18,19)(H2,20,21,22). The van der Waals surface area contributed by atoms with Gasteiger partial charge in [0, 0.05) is 13.2 Å². The lowest BCUT2D eigenvalue weighted by molar-refractivity contribution is 0.100. The smallest absolute Gasteiger partial charge is 0.381 e. The Morgan fingerprint density at radius 3 is 1.30 bits per heavy atom. The fourth-order valence-electron chi connectivity index (χ4n) is 2.38. The molecule has 0 saturated heterocycles. The molecule has 0 rings (SSSR count). The highest BCUT2D eigenvalue weighted by Gasteiger charge is 2.24. The molecule has 0 atom stereocenters. The highest BCUT2D eigenvalue weighted by atomic mass is 31.2. The maximum absolute atomic E-state index is 10.7. The van der Waals surface area contributed by atoms with E-state index >= 15 is 0 Å². The van der Waals surface area contributed by atoms with Crippen LogP contribution in [-0.2, 0) is 22.9 Å². The average molecular weight is 434 g/mol. The normalized spacial score (nSPS) is 13.9. The Balaban J connectivity index is 3.67. The van der Waals surface area contributed by atoms with Crippen LogP contribution in [0.3, 0.4) is 0 Å². The molecule has 9 nitrogen and oxygen atoms in total. The van der Waals surface area contributed by atoms with Gasteiger partial charge in [0.05, 0.1) is 13.2 Å². The van der Waals surface area contributed by atoms with Crippen LogP contribution >= 0.6 is 15.6 Å². The van der Waals surface area contributed by atoms with Crippen LogP contribution in [0, 0.1) is 10.8 Å². The monoisotopic (exact) mass is 434 g/mol. The molecule has 0 fully saturated rings. The van der Waals surface area contributed by atoms with Gasteiger partial charge in [0.1, 0.15) is 0 Å². The molecule has 0 unspecified atom stereocenters. The maximum atomic E-state index is 10.7. The van der Waals surface area contributed by atoms with E-state index in [0.717, 1.165) is 38.5 Å². The Morgan fingerprint density at radius 1 is 0.667 bits per heavy atom. The number of ether oxygens (including phenoxy) is 1. The molecule has 0 radical (unpaired) electrons. The minimum absolute atomic E-state index is 0.0135. The van der Waals surface area contributed by atoms with E-state index in [2.05, 4.69) is 9.05 Å². The van der Waals surface area contributed by atoms with Gasteiger partial charge in [0.2, 0.25) is 0 Å². The van der Waals surface area contributed by atoms with Crippen molar-refractivity contribution in [1.82, 2.24) is 0 Å². The fourth-order valence-corrected chi connectivity index (χ4v) is 3.41. The first kappa shape index (κ1) is 27.2. The van der Waals surface area contributed by atoms with Gasteiger partial charge in [-0.25, -0.2) is 9.13 Å². The molecule has 0 aromatic carbocycles. The number of phosphoric ester groups is 2. The van der Waals surface area contributed by atoms with Crippen molar-refractivity contribution in [3.05, 3.63) is 0 Å². The van der Waals surface area contributed by atoms with Gasteiger partial charge in [-0.05, 0) is 36.5 Å². The summed E-state index contributed by atoms with van der Waals surface area (Å²) in [4.78, 5) is 34.9. The van der Waals surface area contributed by atoms with Crippen molar-refractivity contribution in [3.8, 4) is 0 Å². The predicted octanol–water partition coefficient (Wildman–Crippen LogP) is 3.61. The van der Waals surface area contributed by atoms with E-state index in [1.165, 1.54) is 0 Å². The van der Waals surface area contributed by atoms with Crippen molar-refractivity contribution in [2.45, 2.75) is 66.2 Å². The van der Waals surface area contributed by atoms with Crippen molar-refractivity contribution >= 4 is 15.6 Å². The van der Waals surface area contributed by atoms with E-state index in [1.807, 2.05) is 27.7 Å². The summed E-state index contributed by atoms with van der Waals surface area (Å²) in [6.45, 7) is 8.89. The third-order valence-corrected chi connectivity index (χ3v) is 4.96. The first-order valence-electron chi connectivity index (χ1n) is 9.10. The number of unbranched alkanes of at least 4 members (excludes halogenated alkanes) is 2. The summed E-state index contributed by atoms with van der Waals surface area (Å²) in [5.41, 5.74) is -0.607. The van der Waals surface area contributed by atoms with Crippen LogP contribution < -0.4 is 0 Å². The molecule has 0 amide bonds. The summed E-state index contributed by atoms with van der Waals surface area (Å²) in [5.74, 6) is 0. The summed E-state index contributed by atoms with van der Waals surface area (Å²) in [5, 5.41) is 0. The molecule has 0 aromatic heterocycles. The molecule has 27 heavy (non-hydrogen) atoms. The molecule has 0 aliphatic heterocycles. The van der Waals surface area contributed by atoms with Gasteiger partial charge in [-0.2, -0.15) is 0 Å². The van der Waals surface area contributed by atoms with Crippen molar-refractivity contribution in [3.63, 3.8) is 0 Å². The van der Waals surface area contributed by atoms with E-state index in [0.29, 0.717) is 13.2 Å². The number of phosphoric acid groups is 2. The molecule has 0 saturated carbocycles. The van der Waals surface area contributed by atoms with Gasteiger partial charge in [-0.15, -0.1) is 0 Å². The first-order chi connectivity index (χ1) is 12.1. The van der Waals surface area contributed by atoms with E-state index in [4.69, 9.17) is 24.3 Å². The molecule has 0 heterocycles. The van der Waals surface area contributed by atoms with E-state index in [-0.39, 0.29) is 24.0 Å². The topological polar surface area (TPSA) is 143 Å². The van der Waals surface area contributed by atoms with Crippen molar-refractivity contribution in [1.29, 1.82) is 0 Å². The quantitative estimate of drug-likeness (QED) is 0.212. The van der Waals surface area contributed by atoms with Crippen LogP contribution in [0.2, 0.25) is 0 Å². The van der Waals surface area contributed by atoms with Gasteiger partial charge < -0.3 is 24.3 Å². The Bertz CT molecular complexity index is 452. The summed E-state index contributed by atoms with van der Waals surface area (Å²) in [6.07, 6.45) is 5.05. The molecule has 0 aromatic rings. The Labute approximate surface area is 162 Å². The lowest BCUT2D eigenvalue weighted by atomic mass is 9.88. The Kier molecular flexibility index (Phi) is 12.1. The van der Waals surface area contributed by atoms with Crippen molar-refractivity contribution < 1.29 is 42.5 Å². The second-order valence-corrected chi connectivity index (χ2v) is 10.9. The Hall–Kier alpha value is 0.180. The zero-order chi connectivity index (χ0) is 21.2. The van der Waals surface area contributed by atoms with E-state index in [1.54, 1.807) is 0 Å². The van der Waals surface area contributed by atoms with Crippen LogP contribution in [0.25, 0.3) is 0 Å². The predicted molar refractivity (Wildman–Crippen MR) is 102 cm³/mol. The van der Waals surface area contributed by atoms with Gasteiger partial charge in [0.25, 0.3) is 0 Å². The molecule has 0 bridgehead atoms. The lowest BCUT2D eigenvalue weighted by Gasteiger charge is -2.24. The molecule has 0 aliphatic carbocycles. The zero-order valence-electron chi connectivity index (χ0n) is 16.8. The van der Waals surface area contributed by atoms with Gasteiger partial charge in [0.15, 0.2) is 0 Å². The number of hydrogen-bond donors (Lipinski definition) is 4. The van der Waals surface area contributed by atoms with Crippen LogP contribution in [0.1, 0.15) is 66.2 Å². The molecular formula is C16H36O9P2. The van der Waals surface area contributed by atoms with Crippen LogP contribution in [0.15, 0.2) is 0 Å². The first-order valence-corrected chi connectivity index (χ1v) is 12.2. The van der Waals surface area contributed by atoms with Gasteiger partial charge in [-0.1, -0.05) is 40.5 Å². The summed E-state index contributed by atoms with van der Waals surface area (Å²) < 4.78 is 36.2. The SMILES string of the molecule is CC(C)(CCCCOCCCCC(C)(C)COP(=O)(O)O)COP(=O)(O)O. The largest absolute Gasteiger partial charge is 0.469 e. The number of rotatable bonds is 16. The fraction of sp³-hybridized carbons (Fsp3) is 1.00. The van der Waals surface area contributed by atoms with E-state index < -0.39 is 15.6 Å². The molecule has 164 valence electrons. The second-order valence-electron chi connectivity index (χ2n) is 8.38. The molecule has 11 heteroatoms. The second kappa shape index (κ2) is 12.0. The molecule has 4 N–H and O–H groups in total. The molecule has 0 spiro atoms. The third kappa shape index (κ3) is 19.3. The van der Waals surface area contributed by atoms with Crippen molar-refractivity contribution in [2.24, 2.45) is 10.8 Å². The third-order valence-electron chi connectivity index (χ3n) is 4.03. The minimum Gasteiger partial charge on any atom is -0.381 e. The summed E-state index contributed by atoms with van der Waals surface area (Å²) in [6, 6.07) is 0. The van der Waals surface area contributed by atoms with Gasteiger partial charge in [-0.3, -0.25) is 9.05 Å². The maximum Gasteiger partial charge on any atom is 0.469 e. The van der Waals surface area contributed by atoms with E-state index in [9.17, 15) is 9.13 Å². The zero-order valence-corrected chi connectivity index (χ0v) is 18.6. The van der Waals surface area contributed by atoms with Crippen LogP contribution in [0.4, 0.5) is 0 Å². The molecule has 0 aliphatic rings. The average Bonchev–Trinajstić information content (AvgIpc) is 2.48. The highest BCUT2D eigenvalue weighted by molar-refractivity contribution is 7.46. The van der Waals surface area contributed by atoms with Crippen molar-refractivity contribution in [2.75, 3.05) is 26.4 Å². The van der Waals surface area contributed by atoms with Crippen LogP contribution in [0.5, 0.6) is 0 Å². The highest BCUT2D eigenvalue weighted by Crippen LogP contribution is 2.40. The summed E-state index contributed by atoms with van der Waals surface area (Å²) in [7, 11) is -8.84. The van der Waals surface area contributed by atoms with Crippen LogP contribution in [-0.4, -0.2) is 46.0 Å². The number of hydrogen-bond acceptors (Lipinski definition) is 5. The summed E-state index contributed by atoms with van der Waals surface area (Å²) >= 11 is 0. The minimum atomic E-state index is -4.42.